The van der Waals surface area contributed by atoms with Crippen molar-refractivity contribution >= 4 is 28.8 Å². The summed E-state index contributed by atoms with van der Waals surface area (Å²) in [5.74, 6) is 1.20. The second-order valence-electron chi connectivity index (χ2n) is 6.72. The Balaban J connectivity index is 1.52. The highest BCUT2D eigenvalue weighted by molar-refractivity contribution is 7.12. The highest BCUT2D eigenvalue weighted by Crippen LogP contribution is 2.25. The van der Waals surface area contributed by atoms with E-state index in [4.69, 9.17) is 4.42 Å². The van der Waals surface area contributed by atoms with Gasteiger partial charge in [-0.2, -0.15) is 0 Å². The molecule has 2 aromatic heterocycles. The summed E-state index contributed by atoms with van der Waals surface area (Å²) in [6, 6.07) is 11.4. The van der Waals surface area contributed by atoms with E-state index in [0.717, 1.165) is 22.5 Å². The van der Waals surface area contributed by atoms with Crippen molar-refractivity contribution in [2.24, 2.45) is 0 Å². The first-order valence-corrected chi connectivity index (χ1v) is 9.72. The van der Waals surface area contributed by atoms with Crippen LogP contribution in [0.2, 0.25) is 0 Å². The summed E-state index contributed by atoms with van der Waals surface area (Å²) in [6.45, 7) is 4.87. The van der Waals surface area contributed by atoms with Gasteiger partial charge in [0.2, 0.25) is 0 Å². The van der Waals surface area contributed by atoms with E-state index < -0.39 is 0 Å². The van der Waals surface area contributed by atoms with Gasteiger partial charge in [-0.25, -0.2) is 0 Å². The molecule has 5 nitrogen and oxygen atoms in total. The summed E-state index contributed by atoms with van der Waals surface area (Å²) >= 11 is 1.46. The summed E-state index contributed by atoms with van der Waals surface area (Å²) in [5.41, 5.74) is 3.56. The number of anilines is 1. The van der Waals surface area contributed by atoms with Crippen molar-refractivity contribution in [2.75, 3.05) is 11.9 Å². The number of nitrogens with one attached hydrogen (secondary N) is 1. The maximum absolute atomic E-state index is 12.6. The second kappa shape index (κ2) is 7.04. The first kappa shape index (κ1) is 17.5. The van der Waals surface area contributed by atoms with Gasteiger partial charge in [0.15, 0.2) is 0 Å². The first-order valence-electron chi connectivity index (χ1n) is 8.84. The quantitative estimate of drug-likeness (QED) is 0.732. The van der Waals surface area contributed by atoms with Gasteiger partial charge >= 0.3 is 0 Å². The van der Waals surface area contributed by atoms with Crippen LogP contribution >= 0.6 is 11.3 Å². The normalized spacial score (nSPS) is 13.3. The number of rotatable bonds is 3. The molecule has 27 heavy (non-hydrogen) atoms. The van der Waals surface area contributed by atoms with E-state index in [1.165, 1.54) is 16.9 Å². The molecule has 0 radical (unpaired) electrons. The molecule has 2 amide bonds. The number of fused-ring (bicyclic) bond motifs is 1. The highest BCUT2D eigenvalue weighted by Gasteiger charge is 2.23. The molecule has 0 saturated carbocycles. The van der Waals surface area contributed by atoms with Crippen molar-refractivity contribution < 1.29 is 14.0 Å². The van der Waals surface area contributed by atoms with E-state index in [1.807, 2.05) is 47.5 Å². The van der Waals surface area contributed by atoms with Crippen molar-refractivity contribution in [3.05, 3.63) is 74.9 Å². The maximum atomic E-state index is 12.6. The zero-order valence-corrected chi connectivity index (χ0v) is 16.1. The number of aryl methyl sites for hydroxylation is 2. The number of carbonyl (C=O) groups is 2. The van der Waals surface area contributed by atoms with Crippen LogP contribution in [-0.2, 0) is 13.0 Å². The lowest BCUT2D eigenvalue weighted by Gasteiger charge is -2.29. The Labute approximate surface area is 161 Å². The van der Waals surface area contributed by atoms with Crippen LogP contribution in [0.25, 0.3) is 0 Å². The molecule has 6 heteroatoms. The van der Waals surface area contributed by atoms with Gasteiger partial charge < -0.3 is 14.6 Å². The molecule has 138 valence electrons. The lowest BCUT2D eigenvalue weighted by atomic mass is 9.98. The van der Waals surface area contributed by atoms with Crippen LogP contribution in [0.5, 0.6) is 0 Å². The number of hydrogen-bond acceptors (Lipinski definition) is 4. The van der Waals surface area contributed by atoms with E-state index in [2.05, 4.69) is 5.32 Å². The molecule has 0 saturated heterocycles. The van der Waals surface area contributed by atoms with Crippen LogP contribution in [0, 0.1) is 13.8 Å². The molecule has 3 heterocycles. The Morgan fingerprint density at radius 1 is 1.15 bits per heavy atom. The van der Waals surface area contributed by atoms with Gasteiger partial charge in [-0.05, 0) is 61.0 Å². The van der Waals surface area contributed by atoms with Crippen molar-refractivity contribution in [3.63, 3.8) is 0 Å². The number of amides is 2. The lowest BCUT2D eigenvalue weighted by molar-refractivity contribution is 0.0739. The monoisotopic (exact) mass is 380 g/mol. The zero-order valence-electron chi connectivity index (χ0n) is 15.2. The highest BCUT2D eigenvalue weighted by atomic mass is 32.1. The molecule has 3 aromatic rings. The molecule has 0 bridgehead atoms. The second-order valence-corrected chi connectivity index (χ2v) is 7.67. The Kier molecular flexibility index (Phi) is 4.58. The molecule has 0 aliphatic carbocycles. The van der Waals surface area contributed by atoms with Crippen molar-refractivity contribution in [2.45, 2.75) is 26.8 Å². The number of benzene rings is 1. The average molecular weight is 380 g/mol. The van der Waals surface area contributed by atoms with E-state index in [-0.39, 0.29) is 11.8 Å². The van der Waals surface area contributed by atoms with Crippen LogP contribution in [0.4, 0.5) is 5.69 Å². The minimum absolute atomic E-state index is 0.0644. The predicted molar refractivity (Wildman–Crippen MR) is 105 cm³/mol. The average Bonchev–Trinajstić information content (AvgIpc) is 3.30. The summed E-state index contributed by atoms with van der Waals surface area (Å²) in [5, 5.41) is 4.85. The Hall–Kier alpha value is -2.86. The number of carbonyl (C=O) groups excluding carboxylic acids is 2. The van der Waals surface area contributed by atoms with Crippen molar-refractivity contribution in [1.29, 1.82) is 0 Å². The van der Waals surface area contributed by atoms with E-state index in [9.17, 15) is 9.59 Å². The third kappa shape index (κ3) is 3.53. The molecule has 1 aliphatic rings. The zero-order chi connectivity index (χ0) is 19.0. The van der Waals surface area contributed by atoms with Crippen LogP contribution in [0.3, 0.4) is 0 Å². The SMILES string of the molecule is Cc1cc(C(=O)Nc2ccc3c(c2)CN(C(=O)c2cccs2)CC3)c(C)o1. The Morgan fingerprint density at radius 3 is 2.70 bits per heavy atom. The maximum Gasteiger partial charge on any atom is 0.264 e. The Bertz CT molecular complexity index is 1000. The van der Waals surface area contributed by atoms with Crippen LogP contribution in [0.1, 0.15) is 42.7 Å². The van der Waals surface area contributed by atoms with E-state index in [0.29, 0.717) is 30.2 Å². The number of thiophene rings is 1. The number of nitrogens with zero attached hydrogens (tertiary/aromatic N) is 1. The molecule has 0 unspecified atom stereocenters. The van der Waals surface area contributed by atoms with E-state index >= 15 is 0 Å². The summed E-state index contributed by atoms with van der Waals surface area (Å²) < 4.78 is 5.44. The lowest BCUT2D eigenvalue weighted by Crippen LogP contribution is -2.35. The van der Waals surface area contributed by atoms with Gasteiger partial charge in [0.1, 0.15) is 11.5 Å². The number of furan rings is 1. The fourth-order valence-electron chi connectivity index (χ4n) is 3.42. The molecule has 4 rings (SSSR count). The molecule has 0 spiro atoms. The van der Waals surface area contributed by atoms with Gasteiger partial charge in [0.25, 0.3) is 11.8 Å². The van der Waals surface area contributed by atoms with Crippen molar-refractivity contribution in [1.82, 2.24) is 4.90 Å². The van der Waals surface area contributed by atoms with E-state index in [1.54, 1.807) is 13.0 Å². The fraction of sp³-hybridized carbons (Fsp3) is 0.238. The molecule has 1 aliphatic heterocycles. The van der Waals surface area contributed by atoms with Crippen LogP contribution in [-0.4, -0.2) is 23.3 Å². The molecule has 1 N–H and O–H groups in total. The van der Waals surface area contributed by atoms with Crippen molar-refractivity contribution in [3.8, 4) is 0 Å². The summed E-state index contributed by atoms with van der Waals surface area (Å²) in [6.07, 6.45) is 0.820. The third-order valence-electron chi connectivity index (χ3n) is 4.78. The number of hydrogen-bond donors (Lipinski definition) is 1. The predicted octanol–water partition coefficient (Wildman–Crippen LogP) is 4.41. The van der Waals surface area contributed by atoms with Gasteiger partial charge in [-0.3, -0.25) is 9.59 Å². The standard InChI is InChI=1S/C21H20N2O3S/c1-13-10-18(14(2)26-13)20(24)22-17-6-5-15-7-8-23(12-16(15)11-17)21(25)19-4-3-9-27-19/h3-6,9-11H,7-8,12H2,1-2H3,(H,22,24). The van der Waals surface area contributed by atoms with Gasteiger partial charge in [-0.1, -0.05) is 12.1 Å². The smallest absolute Gasteiger partial charge is 0.264 e. The molecular formula is C21H20N2O3S. The van der Waals surface area contributed by atoms with Crippen LogP contribution < -0.4 is 5.32 Å². The minimum atomic E-state index is -0.188. The Morgan fingerprint density at radius 2 is 2.00 bits per heavy atom. The van der Waals surface area contributed by atoms with Gasteiger partial charge in [0, 0.05) is 18.8 Å². The fourth-order valence-corrected chi connectivity index (χ4v) is 4.11. The minimum Gasteiger partial charge on any atom is -0.466 e. The molecule has 1 aromatic carbocycles. The molecular weight excluding hydrogens is 360 g/mol. The summed E-state index contributed by atoms with van der Waals surface area (Å²) in [4.78, 5) is 27.7. The molecule has 0 atom stereocenters. The third-order valence-corrected chi connectivity index (χ3v) is 5.64. The van der Waals surface area contributed by atoms with Gasteiger partial charge in [-0.15, -0.1) is 11.3 Å². The largest absolute Gasteiger partial charge is 0.466 e. The first-order chi connectivity index (χ1) is 13.0. The van der Waals surface area contributed by atoms with Gasteiger partial charge in [0.05, 0.1) is 10.4 Å². The van der Waals surface area contributed by atoms with Crippen LogP contribution in [0.15, 0.2) is 46.2 Å². The summed E-state index contributed by atoms with van der Waals surface area (Å²) in [7, 11) is 0. The molecule has 0 fully saturated rings. The topological polar surface area (TPSA) is 62.6 Å².